The van der Waals surface area contributed by atoms with Gasteiger partial charge in [-0.3, -0.25) is 0 Å². The van der Waals surface area contributed by atoms with E-state index >= 15 is 0 Å². The molecular weight excluding hydrogens is 218 g/mol. The van der Waals surface area contributed by atoms with Crippen LogP contribution in [0.4, 0.5) is 0 Å². The average Bonchev–Trinajstić information content (AvgIpc) is 3.19. The van der Waals surface area contributed by atoms with Gasteiger partial charge in [-0.1, -0.05) is 12.1 Å². The van der Waals surface area contributed by atoms with Crippen LogP contribution in [0.5, 0.6) is 11.5 Å². The number of epoxide rings is 1. The molecule has 1 saturated heterocycles. The molecule has 17 heavy (non-hydrogen) atoms. The molecule has 2 N–H and O–H groups in total. The van der Waals surface area contributed by atoms with Gasteiger partial charge in [0, 0.05) is 0 Å². The highest BCUT2D eigenvalue weighted by Gasteiger charge is 2.31. The molecule has 92 valence electrons. The highest BCUT2D eigenvalue weighted by atomic mass is 16.6. The van der Waals surface area contributed by atoms with Gasteiger partial charge in [0.05, 0.1) is 6.61 Å². The predicted octanol–water partition coefficient (Wildman–Crippen LogP) is 0.177. The lowest BCUT2D eigenvalue weighted by atomic mass is 10.1. The van der Waals surface area contributed by atoms with Crippen LogP contribution in [0.1, 0.15) is 6.92 Å². The summed E-state index contributed by atoms with van der Waals surface area (Å²) in [5, 5.41) is 2.28. The molecule has 0 radical (unpaired) electrons. The summed E-state index contributed by atoms with van der Waals surface area (Å²) < 4.78 is 16.9. The van der Waals surface area contributed by atoms with Crippen molar-refractivity contribution >= 4 is 0 Å². The van der Waals surface area contributed by atoms with Crippen molar-refractivity contribution in [3.8, 4) is 11.5 Å². The lowest BCUT2D eigenvalue weighted by Crippen LogP contribution is -2.93. The van der Waals surface area contributed by atoms with Crippen LogP contribution < -0.4 is 14.8 Å². The van der Waals surface area contributed by atoms with Crippen LogP contribution >= 0.6 is 0 Å². The second-order valence-electron chi connectivity index (χ2n) is 4.70. The van der Waals surface area contributed by atoms with E-state index in [1.807, 2.05) is 24.3 Å². The molecule has 0 spiro atoms. The number of benzene rings is 1. The Labute approximate surface area is 101 Å². The summed E-state index contributed by atoms with van der Waals surface area (Å²) in [5.41, 5.74) is 0. The molecule has 3 rings (SSSR count). The molecule has 4 nitrogen and oxygen atoms in total. The van der Waals surface area contributed by atoms with Gasteiger partial charge in [-0.15, -0.1) is 0 Å². The van der Waals surface area contributed by atoms with Gasteiger partial charge in [-0.05, 0) is 19.1 Å². The highest BCUT2D eigenvalue weighted by molar-refractivity contribution is 5.40. The molecule has 1 aromatic carbocycles. The Kier molecular flexibility index (Phi) is 2.91. The smallest absolute Gasteiger partial charge is 0.184 e. The van der Waals surface area contributed by atoms with E-state index in [2.05, 4.69) is 12.2 Å². The minimum atomic E-state index is 0.114. The van der Waals surface area contributed by atoms with Crippen LogP contribution in [0.25, 0.3) is 0 Å². The number of rotatable bonds is 4. The van der Waals surface area contributed by atoms with E-state index < -0.39 is 0 Å². The van der Waals surface area contributed by atoms with Gasteiger partial charge in [0.25, 0.3) is 0 Å². The first-order valence-electron chi connectivity index (χ1n) is 6.16. The maximum Gasteiger partial charge on any atom is 0.184 e. The predicted molar refractivity (Wildman–Crippen MR) is 62.3 cm³/mol. The zero-order valence-electron chi connectivity index (χ0n) is 9.96. The van der Waals surface area contributed by atoms with Crippen LogP contribution in [-0.2, 0) is 4.74 Å². The van der Waals surface area contributed by atoms with Crippen molar-refractivity contribution in [3.05, 3.63) is 24.3 Å². The summed E-state index contributed by atoms with van der Waals surface area (Å²) in [6.07, 6.45) is 0.567. The summed E-state index contributed by atoms with van der Waals surface area (Å²) in [5.74, 6) is 1.70. The normalized spacial score (nSPS) is 27.6. The minimum absolute atomic E-state index is 0.114. The minimum Gasteiger partial charge on any atom is -0.486 e. The van der Waals surface area contributed by atoms with E-state index in [0.29, 0.717) is 18.8 Å². The lowest BCUT2D eigenvalue weighted by Gasteiger charge is -2.29. The Morgan fingerprint density at radius 1 is 1.29 bits per heavy atom. The third-order valence-corrected chi connectivity index (χ3v) is 3.29. The Bertz CT molecular complexity index is 392. The monoisotopic (exact) mass is 236 g/mol. The van der Waals surface area contributed by atoms with Crippen LogP contribution in [0.3, 0.4) is 0 Å². The molecule has 0 unspecified atom stereocenters. The van der Waals surface area contributed by atoms with E-state index in [1.165, 1.54) is 0 Å². The SMILES string of the molecule is C[C@@H]([NH2+]C[C@@H]1CO1)[C@H]1COc2ccccc2O1. The molecule has 1 fully saturated rings. The fraction of sp³-hybridized carbons (Fsp3) is 0.538. The molecule has 0 bridgehead atoms. The molecule has 4 heteroatoms. The Morgan fingerprint density at radius 2 is 2.06 bits per heavy atom. The van der Waals surface area contributed by atoms with Crippen molar-refractivity contribution < 1.29 is 19.5 Å². The van der Waals surface area contributed by atoms with Crippen molar-refractivity contribution in [2.45, 2.75) is 25.2 Å². The molecule has 2 aliphatic rings. The van der Waals surface area contributed by atoms with Gasteiger partial charge in [-0.2, -0.15) is 0 Å². The lowest BCUT2D eigenvalue weighted by molar-refractivity contribution is -0.693. The first-order valence-corrected chi connectivity index (χ1v) is 6.16. The van der Waals surface area contributed by atoms with Gasteiger partial charge in [0.2, 0.25) is 0 Å². The van der Waals surface area contributed by atoms with Crippen LogP contribution in [0.2, 0.25) is 0 Å². The molecule has 0 aliphatic carbocycles. The first-order chi connectivity index (χ1) is 8.33. The van der Waals surface area contributed by atoms with Gasteiger partial charge in [0.15, 0.2) is 17.6 Å². The van der Waals surface area contributed by atoms with Crippen LogP contribution in [0, 0.1) is 0 Å². The number of para-hydroxylation sites is 2. The number of hydrogen-bond donors (Lipinski definition) is 1. The molecule has 0 amide bonds. The standard InChI is InChI=1S/C13H17NO3/c1-9(14-6-10-7-15-10)13-8-16-11-4-2-3-5-12(11)17-13/h2-5,9-10,13-14H,6-8H2,1H3/p+1/t9-,10-,13-/m1/s1. The van der Waals surface area contributed by atoms with Gasteiger partial charge in [0.1, 0.15) is 25.3 Å². The summed E-state index contributed by atoms with van der Waals surface area (Å²) in [6, 6.07) is 8.21. The van der Waals surface area contributed by atoms with Gasteiger partial charge < -0.3 is 19.5 Å². The third kappa shape index (κ3) is 2.53. The van der Waals surface area contributed by atoms with Crippen molar-refractivity contribution in [2.75, 3.05) is 19.8 Å². The fourth-order valence-electron chi connectivity index (χ4n) is 2.02. The summed E-state index contributed by atoms with van der Waals surface area (Å²) in [4.78, 5) is 0. The molecule has 0 saturated carbocycles. The Morgan fingerprint density at radius 3 is 2.82 bits per heavy atom. The summed E-state index contributed by atoms with van der Waals surface area (Å²) >= 11 is 0. The topological polar surface area (TPSA) is 47.6 Å². The Balaban J connectivity index is 1.58. The van der Waals surface area contributed by atoms with E-state index in [4.69, 9.17) is 14.2 Å². The van der Waals surface area contributed by atoms with Gasteiger partial charge in [-0.25, -0.2) is 0 Å². The van der Waals surface area contributed by atoms with Crippen molar-refractivity contribution in [2.24, 2.45) is 0 Å². The first kappa shape index (κ1) is 10.9. The number of ether oxygens (including phenoxy) is 3. The number of hydrogen-bond acceptors (Lipinski definition) is 3. The number of fused-ring (bicyclic) bond motifs is 1. The van der Waals surface area contributed by atoms with Crippen LogP contribution in [-0.4, -0.2) is 38.0 Å². The van der Waals surface area contributed by atoms with Crippen molar-refractivity contribution in [3.63, 3.8) is 0 Å². The average molecular weight is 236 g/mol. The molecule has 0 aromatic heterocycles. The zero-order valence-corrected chi connectivity index (χ0v) is 9.96. The maximum absolute atomic E-state index is 5.95. The van der Waals surface area contributed by atoms with E-state index in [0.717, 1.165) is 24.7 Å². The second kappa shape index (κ2) is 4.55. The second-order valence-corrected chi connectivity index (χ2v) is 4.70. The van der Waals surface area contributed by atoms with E-state index in [1.54, 1.807) is 0 Å². The van der Waals surface area contributed by atoms with E-state index in [9.17, 15) is 0 Å². The molecule has 2 aliphatic heterocycles. The van der Waals surface area contributed by atoms with Crippen molar-refractivity contribution in [1.82, 2.24) is 0 Å². The van der Waals surface area contributed by atoms with Gasteiger partial charge >= 0.3 is 0 Å². The highest BCUT2D eigenvalue weighted by Crippen LogP contribution is 2.31. The maximum atomic E-state index is 5.95. The molecule has 2 heterocycles. The fourth-order valence-corrected chi connectivity index (χ4v) is 2.02. The number of nitrogens with two attached hydrogens (primary N) is 1. The molecule has 3 atom stereocenters. The van der Waals surface area contributed by atoms with Crippen LogP contribution in [0.15, 0.2) is 24.3 Å². The Hall–Kier alpha value is -1.26. The summed E-state index contributed by atoms with van der Waals surface area (Å²) in [6.45, 7) is 4.72. The van der Waals surface area contributed by atoms with Crippen molar-refractivity contribution in [1.29, 1.82) is 0 Å². The van der Waals surface area contributed by atoms with E-state index in [-0.39, 0.29) is 6.10 Å². The quantitative estimate of drug-likeness (QED) is 0.758. The molecular formula is C13H18NO3+. The summed E-state index contributed by atoms with van der Waals surface area (Å²) in [7, 11) is 0. The largest absolute Gasteiger partial charge is 0.486 e. The number of quaternary nitrogens is 1. The third-order valence-electron chi connectivity index (χ3n) is 3.29. The molecule has 1 aromatic rings. The zero-order chi connectivity index (χ0) is 11.7.